The maximum absolute atomic E-state index is 10.9. The molecule has 266 valence electrons. The number of aliphatic hydroxyl groups is 3. The minimum atomic E-state index is -0.407. The molecule has 3 rings (SSSR count). The first kappa shape index (κ1) is 58.6. The van der Waals surface area contributed by atoms with Crippen LogP contribution in [-0.4, -0.2) is 110 Å². The van der Waals surface area contributed by atoms with Gasteiger partial charge in [0.2, 0.25) is 4.69 Å². The monoisotopic (exact) mass is 996 g/mol. The van der Waals surface area contributed by atoms with Crippen LogP contribution in [0, 0.1) is 0 Å². The number of ether oxygens (including phenoxy) is 4. The normalized spacial score (nSPS) is 21.6. The van der Waals surface area contributed by atoms with Crippen LogP contribution < -0.4 is 108 Å². The van der Waals surface area contributed by atoms with Gasteiger partial charge in [0.05, 0.1) is 17.5 Å². The van der Waals surface area contributed by atoms with E-state index in [1.54, 1.807) is 36.5 Å². The minimum Gasteiger partial charge on any atom is -1.00 e. The first-order chi connectivity index (χ1) is 21.7. The standard InChI is InChI=1S/C9H10Br2O4.C9H12O4.C5H8O2.C2H2Br2O.CH2O3.CH4O.2K.H/c10-4-8(12)14-6-1-2-7(3-6)15-9(13)5-11;1-6(10)12-8-3-4-9(5-8)13-7(2)11;6-4-1-2-5(7)3-4;3-1-2(4)5;2-1-4-3;1-2;;;/h1-2,6-7H,3-5H2;3-4,8-9H,5H2,1-2H3;1-2,4-7H,3H2;1H2;1,3H;2H,1H3;;;/q;;;;;;2*+1;-1/p-1/t6-,7+;8-,9+;4-,5+;;;;;;. The molecule has 0 saturated heterocycles. The number of aliphatic hydroxyl groups excluding tert-OH is 3. The number of rotatable bonds is 8. The van der Waals surface area contributed by atoms with Crippen molar-refractivity contribution in [2.24, 2.45) is 0 Å². The van der Waals surface area contributed by atoms with Crippen LogP contribution in [0.5, 0.6) is 0 Å². The second-order valence-electron chi connectivity index (χ2n) is 8.30. The van der Waals surface area contributed by atoms with E-state index in [4.69, 9.17) is 44.3 Å². The summed E-state index contributed by atoms with van der Waals surface area (Å²) >= 11 is 11.6. The Bertz CT molecular complexity index is 949. The number of carbonyl (C=O) groups excluding carboxylic acids is 6. The average molecular weight is 1000 g/mol. The number of carbonyl (C=O) groups is 6. The van der Waals surface area contributed by atoms with Crippen molar-refractivity contribution in [3.63, 3.8) is 0 Å². The van der Waals surface area contributed by atoms with Gasteiger partial charge in [0.25, 0.3) is 6.47 Å². The van der Waals surface area contributed by atoms with Gasteiger partial charge in [0.15, 0.2) is 0 Å². The fraction of sp³-hybridized carbons (Fsp3) is 0.556. The van der Waals surface area contributed by atoms with E-state index in [0.717, 1.165) is 7.11 Å². The van der Waals surface area contributed by atoms with E-state index < -0.39 is 12.2 Å². The zero-order valence-electron chi connectivity index (χ0n) is 28.0. The molecule has 3 aliphatic carbocycles. The van der Waals surface area contributed by atoms with Gasteiger partial charge in [-0.2, -0.15) is 0 Å². The third kappa shape index (κ3) is 38.5. The molecule has 0 unspecified atom stereocenters. The summed E-state index contributed by atoms with van der Waals surface area (Å²) in [4.78, 5) is 63.9. The predicted octanol–water partition coefficient (Wildman–Crippen LogP) is -4.50. The molecular weight excluding hydrogens is 962 g/mol. The quantitative estimate of drug-likeness (QED) is 0.0240. The largest absolute Gasteiger partial charge is 1.00 e. The van der Waals surface area contributed by atoms with Gasteiger partial charge in [-0.15, -0.1) is 0 Å². The van der Waals surface area contributed by atoms with Crippen molar-refractivity contribution in [3.8, 4) is 0 Å². The van der Waals surface area contributed by atoms with Crippen LogP contribution in [0.1, 0.15) is 34.5 Å². The van der Waals surface area contributed by atoms with E-state index in [2.05, 4.69) is 68.6 Å². The van der Waals surface area contributed by atoms with Crippen LogP contribution in [0.3, 0.4) is 0 Å². The third-order valence-electron chi connectivity index (χ3n) is 4.61. The number of hydrogen-bond acceptors (Lipinski definition) is 15. The van der Waals surface area contributed by atoms with Crippen LogP contribution in [0.15, 0.2) is 36.5 Å². The zero-order chi connectivity index (χ0) is 36.1. The topological polar surface area (TPSA) is 232 Å². The van der Waals surface area contributed by atoms with Crippen molar-refractivity contribution in [1.82, 2.24) is 0 Å². The molecule has 3 N–H and O–H groups in total. The molecule has 0 bridgehead atoms. The van der Waals surface area contributed by atoms with Crippen molar-refractivity contribution in [3.05, 3.63) is 36.5 Å². The Morgan fingerprint density at radius 1 is 0.688 bits per heavy atom. The van der Waals surface area contributed by atoms with Gasteiger partial charge in [0, 0.05) is 40.2 Å². The maximum Gasteiger partial charge on any atom is 1.00 e. The molecule has 3 aliphatic rings. The molecule has 6 atom stereocenters. The molecule has 0 fully saturated rings. The van der Waals surface area contributed by atoms with Crippen molar-refractivity contribution in [2.75, 3.05) is 23.1 Å². The van der Waals surface area contributed by atoms with Gasteiger partial charge in [-0.05, 0) is 40.2 Å². The van der Waals surface area contributed by atoms with Gasteiger partial charge in [-0.25, -0.2) is 0 Å². The Kier molecular flexibility index (Phi) is 48.2. The van der Waals surface area contributed by atoms with Gasteiger partial charge in [-0.1, -0.05) is 59.9 Å². The number of esters is 4. The Balaban J connectivity index is -0.000000123. The second-order valence-corrected chi connectivity index (χ2v) is 10.9. The van der Waals surface area contributed by atoms with Gasteiger partial charge in [0.1, 0.15) is 35.1 Å². The van der Waals surface area contributed by atoms with Crippen LogP contribution >= 0.6 is 63.7 Å². The molecule has 0 aliphatic heterocycles. The summed E-state index contributed by atoms with van der Waals surface area (Å²) in [5.74, 6) is -1.29. The second kappa shape index (κ2) is 39.5. The van der Waals surface area contributed by atoms with E-state index in [0.29, 0.717) is 24.6 Å². The molecule has 0 saturated carbocycles. The first-order valence-electron chi connectivity index (χ1n) is 12.9. The van der Waals surface area contributed by atoms with Crippen molar-refractivity contribution >= 4 is 98.8 Å². The smallest absolute Gasteiger partial charge is 1.00 e. The first-order valence-corrected chi connectivity index (χ1v) is 17.0. The number of halogens is 4. The van der Waals surface area contributed by atoms with Crippen LogP contribution in [-0.2, 0) is 52.6 Å². The Morgan fingerprint density at radius 2 is 0.958 bits per heavy atom. The summed E-state index contributed by atoms with van der Waals surface area (Å²) < 4.78 is 19.9. The molecule has 0 aromatic carbocycles. The Morgan fingerprint density at radius 3 is 1.12 bits per heavy atom. The van der Waals surface area contributed by atoms with E-state index in [1.165, 1.54) is 13.8 Å². The Hall–Kier alpha value is 1.27. The molecule has 0 heterocycles. The molecule has 0 amide bonds. The fourth-order valence-corrected chi connectivity index (χ4v) is 3.37. The summed E-state index contributed by atoms with van der Waals surface area (Å²) in [5, 5.41) is 33.5. The maximum atomic E-state index is 10.9. The van der Waals surface area contributed by atoms with Crippen molar-refractivity contribution < 1.29 is 177 Å². The van der Waals surface area contributed by atoms with Crippen LogP contribution in [0.2, 0.25) is 0 Å². The Labute approximate surface area is 399 Å². The summed E-state index contributed by atoms with van der Waals surface area (Å²) in [5.41, 5.74) is 0. The summed E-state index contributed by atoms with van der Waals surface area (Å²) in [6, 6.07) is 0. The zero-order valence-corrected chi connectivity index (χ0v) is 39.6. The van der Waals surface area contributed by atoms with E-state index in [1.807, 2.05) is 0 Å². The SMILES string of the molecule is CC(=O)O[C@@H]1C=C[C@H](OC(C)=O)C1.CO.O=C(Br)CBr.O=C(CBr)O[C@@H]1C=C[C@H](OC(=O)CBr)C1.O=CO[O-].O[C@@H]1C=C[C@H](O)C1.[H-].[K+].[K+]. The van der Waals surface area contributed by atoms with E-state index >= 15 is 0 Å². The molecule has 0 aromatic heterocycles. The molecule has 0 radical (unpaired) electrons. The van der Waals surface area contributed by atoms with E-state index in [9.17, 15) is 24.0 Å². The molecule has 48 heavy (non-hydrogen) atoms. The number of hydrogen-bond donors (Lipinski definition) is 3. The summed E-state index contributed by atoms with van der Waals surface area (Å²) in [6.07, 6.45) is 9.73. The molecule has 15 nitrogen and oxygen atoms in total. The van der Waals surface area contributed by atoms with Gasteiger partial charge >= 0.3 is 127 Å². The third-order valence-corrected chi connectivity index (χ3v) is 7.07. The van der Waals surface area contributed by atoms with E-state index in [-0.39, 0.29) is 174 Å². The van der Waals surface area contributed by atoms with Crippen LogP contribution in [0.4, 0.5) is 0 Å². The molecule has 0 aromatic rings. The minimum absolute atomic E-state index is 0. The fourth-order valence-electron chi connectivity index (χ4n) is 3.11. The molecule has 0 spiro atoms. The van der Waals surface area contributed by atoms with Crippen molar-refractivity contribution in [1.29, 1.82) is 0 Å². The van der Waals surface area contributed by atoms with Crippen LogP contribution in [0.25, 0.3) is 0 Å². The number of alkyl halides is 3. The predicted molar refractivity (Wildman–Crippen MR) is 176 cm³/mol. The van der Waals surface area contributed by atoms with Gasteiger partial charge < -0.3 is 45.8 Å². The molecular formula is C27H38Br4K2O15. The van der Waals surface area contributed by atoms with Crippen molar-refractivity contribution in [2.45, 2.75) is 69.7 Å². The molecule has 21 heteroatoms. The average Bonchev–Trinajstić information content (AvgIpc) is 3.75. The van der Waals surface area contributed by atoms with Gasteiger partial charge in [-0.3, -0.25) is 28.8 Å². The summed E-state index contributed by atoms with van der Waals surface area (Å²) in [6.45, 7) is 2.53. The summed E-state index contributed by atoms with van der Waals surface area (Å²) in [7, 11) is 1.00.